The number of hydrogen-bond acceptors (Lipinski definition) is 5. The van der Waals surface area contributed by atoms with E-state index < -0.39 is 0 Å². The molecule has 2 N–H and O–H groups in total. The van der Waals surface area contributed by atoms with Gasteiger partial charge in [0.15, 0.2) is 5.02 Å². The fourth-order valence-corrected chi connectivity index (χ4v) is 1.58. The minimum Gasteiger partial charge on any atom is -0.878 e. The molecule has 7 heteroatoms. The molecule has 0 saturated carbocycles. The summed E-state index contributed by atoms with van der Waals surface area (Å²) in [4.78, 5) is 12.5. The van der Waals surface area contributed by atoms with Crippen molar-refractivity contribution in [2.45, 2.75) is 0 Å². The van der Waals surface area contributed by atoms with E-state index in [-0.39, 0.29) is 16.7 Å². The molecule has 21 heavy (non-hydrogen) atoms. The van der Waals surface area contributed by atoms with E-state index in [0.717, 1.165) is 0 Å². The zero-order chi connectivity index (χ0) is 15.1. The number of nitrogens with zero attached hydrogens (tertiary/aromatic N) is 4. The summed E-state index contributed by atoms with van der Waals surface area (Å²) in [6.07, 6.45) is 10.2. The van der Waals surface area contributed by atoms with Gasteiger partial charge in [-0.05, 0) is 28.2 Å². The molecule has 0 bridgehead atoms. The van der Waals surface area contributed by atoms with Crippen LogP contribution >= 0.6 is 11.6 Å². The van der Waals surface area contributed by atoms with Gasteiger partial charge in [0.1, 0.15) is 0 Å². The summed E-state index contributed by atoms with van der Waals surface area (Å²) in [5, 5.41) is 10.3. The van der Waals surface area contributed by atoms with Crippen LogP contribution in [0.25, 0.3) is 5.95 Å². The Bertz CT molecular complexity index is 698. The van der Waals surface area contributed by atoms with Crippen LogP contribution in [0.15, 0.2) is 60.1 Å². The van der Waals surface area contributed by atoms with Gasteiger partial charge < -0.3 is 10.8 Å². The predicted molar refractivity (Wildman–Crippen MR) is 79.4 cm³/mol. The van der Waals surface area contributed by atoms with Crippen molar-refractivity contribution in [3.63, 3.8) is 0 Å². The second-order valence-corrected chi connectivity index (χ2v) is 4.20. The highest BCUT2D eigenvalue weighted by molar-refractivity contribution is 6.35. The summed E-state index contributed by atoms with van der Waals surface area (Å²) < 4.78 is 1.70. The van der Waals surface area contributed by atoms with E-state index in [1.807, 2.05) is 18.2 Å². The van der Waals surface area contributed by atoms with Crippen molar-refractivity contribution in [2.75, 3.05) is 5.73 Å². The average Bonchev–Trinajstić information content (AvgIpc) is 2.51. The van der Waals surface area contributed by atoms with Crippen molar-refractivity contribution >= 4 is 29.5 Å². The van der Waals surface area contributed by atoms with Crippen molar-refractivity contribution < 1.29 is 9.67 Å². The quantitative estimate of drug-likeness (QED) is 0.396. The molecule has 2 aromatic heterocycles. The number of rotatable bonds is 4. The first-order chi connectivity index (χ1) is 10.2. The van der Waals surface area contributed by atoms with E-state index in [1.165, 1.54) is 12.3 Å². The van der Waals surface area contributed by atoms with E-state index in [2.05, 4.69) is 15.0 Å². The molecule has 106 valence electrons. The molecule has 0 aliphatic rings. The van der Waals surface area contributed by atoms with Crippen LogP contribution < -0.4 is 15.4 Å². The molecule has 0 aromatic carbocycles. The lowest BCUT2D eigenvalue weighted by Crippen LogP contribution is -2.32. The monoisotopic (exact) mass is 301 g/mol. The molecular formula is C14H12ClN5O. The Kier molecular flexibility index (Phi) is 5.00. The van der Waals surface area contributed by atoms with Crippen molar-refractivity contribution in [3.05, 3.63) is 60.1 Å². The number of allylic oxidation sites excluding steroid dienone is 3. The fraction of sp³-hybridized carbons (Fsp3) is 0. The van der Waals surface area contributed by atoms with Crippen molar-refractivity contribution in [1.29, 1.82) is 0 Å². The molecule has 0 spiro atoms. The van der Waals surface area contributed by atoms with Gasteiger partial charge in [-0.2, -0.15) is 0 Å². The van der Waals surface area contributed by atoms with Gasteiger partial charge in [0.25, 0.3) is 5.82 Å². The number of anilines is 1. The van der Waals surface area contributed by atoms with Crippen LogP contribution in [-0.2, 0) is 0 Å². The Hall–Kier alpha value is -2.73. The van der Waals surface area contributed by atoms with E-state index in [9.17, 15) is 5.11 Å². The predicted octanol–water partition coefficient (Wildman–Crippen LogP) is 1.12. The largest absolute Gasteiger partial charge is 0.878 e. The van der Waals surface area contributed by atoms with Gasteiger partial charge in [-0.1, -0.05) is 29.8 Å². The number of nitrogens with two attached hydrogens (primary N) is 1. The lowest BCUT2D eigenvalue weighted by Gasteiger charge is -1.98. The van der Waals surface area contributed by atoms with E-state index in [0.29, 0.717) is 12.2 Å². The lowest BCUT2D eigenvalue weighted by atomic mass is 10.4. The van der Waals surface area contributed by atoms with Crippen molar-refractivity contribution in [1.82, 2.24) is 9.97 Å². The molecule has 0 atom stereocenters. The SMILES string of the molecule is Nc1nc(-[n+]2ccccc2)nc(N=C/C=C/C=C/[O-])c1Cl. The number of halogens is 1. The van der Waals surface area contributed by atoms with Crippen molar-refractivity contribution in [2.24, 2.45) is 4.99 Å². The zero-order valence-corrected chi connectivity index (χ0v) is 11.7. The summed E-state index contributed by atoms with van der Waals surface area (Å²) in [6.45, 7) is 0. The maximum absolute atomic E-state index is 10.1. The minimum absolute atomic E-state index is 0.147. The molecule has 6 nitrogen and oxygen atoms in total. The van der Waals surface area contributed by atoms with Gasteiger partial charge in [-0.25, -0.2) is 9.56 Å². The Morgan fingerprint density at radius 3 is 2.62 bits per heavy atom. The minimum atomic E-state index is 0.147. The molecular weight excluding hydrogens is 290 g/mol. The first kappa shape index (κ1) is 14.7. The van der Waals surface area contributed by atoms with Crippen LogP contribution in [0, 0.1) is 0 Å². The average molecular weight is 302 g/mol. The number of nitrogen functional groups attached to an aromatic ring is 1. The van der Waals surface area contributed by atoms with Crippen LogP contribution in [0.2, 0.25) is 5.02 Å². The second-order valence-electron chi connectivity index (χ2n) is 3.82. The Morgan fingerprint density at radius 1 is 1.14 bits per heavy atom. The standard InChI is InChI=1S/C14H12ClN5O/c15-11-12(16)18-14(20-8-4-2-5-9-20)19-13(11)17-7-3-1-6-10-21/h1-10H,(H2-,16,17,18,19,21). The molecule has 0 amide bonds. The Morgan fingerprint density at radius 2 is 1.90 bits per heavy atom. The second kappa shape index (κ2) is 7.16. The molecule has 0 aliphatic carbocycles. The van der Waals surface area contributed by atoms with Crippen LogP contribution in [0.1, 0.15) is 0 Å². The third-order valence-corrected chi connectivity index (χ3v) is 2.74. The third-order valence-electron chi connectivity index (χ3n) is 2.38. The van der Waals surface area contributed by atoms with Crippen LogP contribution in [-0.4, -0.2) is 16.2 Å². The van der Waals surface area contributed by atoms with Gasteiger partial charge in [-0.15, -0.1) is 6.26 Å². The molecule has 2 aromatic rings. The van der Waals surface area contributed by atoms with Gasteiger partial charge in [0.2, 0.25) is 5.82 Å². The van der Waals surface area contributed by atoms with Crippen LogP contribution in [0.4, 0.5) is 11.6 Å². The van der Waals surface area contributed by atoms with E-state index in [1.54, 1.807) is 29.1 Å². The molecule has 0 aliphatic heterocycles. The number of hydrogen-bond donors (Lipinski definition) is 1. The summed E-state index contributed by atoms with van der Waals surface area (Å²) in [5.74, 6) is 0.771. The van der Waals surface area contributed by atoms with Gasteiger partial charge in [0, 0.05) is 6.21 Å². The first-order valence-corrected chi connectivity index (χ1v) is 6.37. The lowest BCUT2D eigenvalue weighted by molar-refractivity contribution is -0.603. The number of aliphatic imine (C=N–C) groups is 1. The first-order valence-electron chi connectivity index (χ1n) is 6.00. The summed E-state index contributed by atoms with van der Waals surface area (Å²) in [5.41, 5.74) is 5.77. The summed E-state index contributed by atoms with van der Waals surface area (Å²) in [6, 6.07) is 5.56. The fourth-order valence-electron chi connectivity index (χ4n) is 1.45. The molecule has 2 heterocycles. The Balaban J connectivity index is 2.35. The normalized spacial score (nSPS) is 11.9. The highest BCUT2D eigenvalue weighted by Crippen LogP contribution is 2.26. The van der Waals surface area contributed by atoms with Crippen molar-refractivity contribution in [3.8, 4) is 5.95 Å². The molecule has 0 radical (unpaired) electrons. The van der Waals surface area contributed by atoms with Gasteiger partial charge in [-0.3, -0.25) is 0 Å². The van der Waals surface area contributed by atoms with Gasteiger partial charge in [0.05, 0.1) is 12.4 Å². The molecule has 0 unspecified atom stereocenters. The highest BCUT2D eigenvalue weighted by atomic mass is 35.5. The highest BCUT2D eigenvalue weighted by Gasteiger charge is 2.19. The van der Waals surface area contributed by atoms with Crippen LogP contribution in [0.5, 0.6) is 0 Å². The number of pyridine rings is 1. The Labute approximate surface area is 126 Å². The molecule has 0 fully saturated rings. The summed E-state index contributed by atoms with van der Waals surface area (Å²) in [7, 11) is 0. The van der Waals surface area contributed by atoms with E-state index >= 15 is 0 Å². The topological polar surface area (TPSA) is 91.1 Å². The van der Waals surface area contributed by atoms with Gasteiger partial charge >= 0.3 is 5.95 Å². The number of aromatic nitrogens is 3. The van der Waals surface area contributed by atoms with Crippen LogP contribution in [0.3, 0.4) is 0 Å². The zero-order valence-electron chi connectivity index (χ0n) is 10.9. The maximum Gasteiger partial charge on any atom is 0.441 e. The summed E-state index contributed by atoms with van der Waals surface area (Å²) >= 11 is 6.03. The smallest absolute Gasteiger partial charge is 0.441 e. The van der Waals surface area contributed by atoms with E-state index in [4.69, 9.17) is 17.3 Å². The third kappa shape index (κ3) is 3.87. The molecule has 2 rings (SSSR count). The molecule has 0 saturated heterocycles. The maximum atomic E-state index is 10.1.